The third kappa shape index (κ3) is 6.86. The zero-order chi connectivity index (χ0) is 19.0. The molecule has 140 valence electrons. The summed E-state index contributed by atoms with van der Waals surface area (Å²) in [6.07, 6.45) is 2.04. The Labute approximate surface area is 147 Å². The normalized spacial score (nSPS) is 20.5. The first-order valence-corrected chi connectivity index (χ1v) is 9.62. The van der Waals surface area contributed by atoms with Crippen molar-refractivity contribution >= 4 is 19.5 Å². The van der Waals surface area contributed by atoms with Crippen LogP contribution >= 0.6 is 7.60 Å². The van der Waals surface area contributed by atoms with Gasteiger partial charge in [-0.3, -0.25) is 9.59 Å². The van der Waals surface area contributed by atoms with Crippen LogP contribution in [0, 0.1) is 0 Å². The van der Waals surface area contributed by atoms with Crippen LogP contribution in [0.5, 0.6) is 5.75 Å². The van der Waals surface area contributed by atoms with Crippen LogP contribution in [0.2, 0.25) is 0 Å². The number of piperidine rings is 1. The fourth-order valence-corrected chi connectivity index (χ4v) is 4.10. The van der Waals surface area contributed by atoms with E-state index in [1.54, 1.807) is 37.3 Å². The highest BCUT2D eigenvalue weighted by Gasteiger charge is 2.42. The van der Waals surface area contributed by atoms with Gasteiger partial charge in [0.25, 0.3) is 5.97 Å². The van der Waals surface area contributed by atoms with Crippen molar-refractivity contribution in [1.29, 1.82) is 0 Å². The van der Waals surface area contributed by atoms with E-state index in [2.05, 4.69) is 0 Å². The van der Waals surface area contributed by atoms with Crippen molar-refractivity contribution in [3.05, 3.63) is 30.3 Å². The van der Waals surface area contributed by atoms with Gasteiger partial charge in [-0.05, 0) is 38.3 Å². The second kappa shape index (κ2) is 9.56. The smallest absolute Gasteiger partial charge is 0.398 e. The number of aliphatic carboxylic acids is 1. The largest absolute Gasteiger partial charge is 0.481 e. The van der Waals surface area contributed by atoms with E-state index in [1.165, 1.54) is 4.90 Å². The van der Waals surface area contributed by atoms with E-state index in [0.29, 0.717) is 18.7 Å². The van der Waals surface area contributed by atoms with E-state index < -0.39 is 25.4 Å². The summed E-state index contributed by atoms with van der Waals surface area (Å²) in [4.78, 5) is 32.8. The minimum atomic E-state index is -3.99. The molecule has 1 aromatic carbocycles. The van der Waals surface area contributed by atoms with Gasteiger partial charge in [-0.2, -0.15) is 0 Å². The van der Waals surface area contributed by atoms with E-state index in [4.69, 9.17) is 20.2 Å². The molecule has 1 aliphatic heterocycles. The summed E-state index contributed by atoms with van der Waals surface area (Å²) >= 11 is 0. The monoisotopic (exact) mass is 372 g/mol. The van der Waals surface area contributed by atoms with E-state index >= 15 is 0 Å². The molecule has 0 saturated carbocycles. The molecular weight excluding hydrogens is 347 g/mol. The van der Waals surface area contributed by atoms with Crippen molar-refractivity contribution in [3.63, 3.8) is 0 Å². The molecule has 0 aliphatic carbocycles. The van der Waals surface area contributed by atoms with E-state index in [0.717, 1.165) is 19.8 Å². The Morgan fingerprint density at radius 2 is 1.88 bits per heavy atom. The summed E-state index contributed by atoms with van der Waals surface area (Å²) in [6, 6.07) is 7.78. The molecule has 1 fully saturated rings. The minimum Gasteiger partial charge on any atom is -0.481 e. The van der Waals surface area contributed by atoms with Crippen molar-refractivity contribution in [1.82, 2.24) is 4.90 Å². The number of carbonyl (C=O) groups is 2. The molecule has 2 rings (SSSR count). The van der Waals surface area contributed by atoms with Gasteiger partial charge in [0.15, 0.2) is 0 Å². The van der Waals surface area contributed by atoms with Gasteiger partial charge in [0.2, 0.25) is 5.91 Å². The van der Waals surface area contributed by atoms with Crippen molar-refractivity contribution in [2.75, 3.05) is 6.54 Å². The van der Waals surface area contributed by atoms with E-state index in [-0.39, 0.29) is 5.91 Å². The predicted molar refractivity (Wildman–Crippen MR) is 93.2 cm³/mol. The Balaban J connectivity index is 0.000000705. The summed E-state index contributed by atoms with van der Waals surface area (Å²) in [6.45, 7) is 3.10. The van der Waals surface area contributed by atoms with Crippen molar-refractivity contribution in [2.24, 2.45) is 5.73 Å². The summed E-state index contributed by atoms with van der Waals surface area (Å²) in [5, 5.41) is 7.42. The molecule has 2 unspecified atom stereocenters. The van der Waals surface area contributed by atoms with Crippen LogP contribution in [-0.2, 0) is 14.2 Å². The van der Waals surface area contributed by atoms with Gasteiger partial charge in [0.1, 0.15) is 11.5 Å². The minimum absolute atomic E-state index is 0.314. The molecule has 0 aromatic heterocycles. The fourth-order valence-electron chi connectivity index (χ4n) is 2.47. The number of carboxylic acid groups (broad SMARTS) is 1. The van der Waals surface area contributed by atoms with Gasteiger partial charge in [-0.1, -0.05) is 18.2 Å². The van der Waals surface area contributed by atoms with Crippen LogP contribution < -0.4 is 10.3 Å². The Hall–Kier alpha value is -1.89. The molecule has 1 amide bonds. The topological polar surface area (TPSA) is 130 Å². The Morgan fingerprint density at radius 3 is 2.40 bits per heavy atom. The number of likely N-dealkylation sites (tertiary alicyclic amines) is 1. The molecule has 0 bridgehead atoms. The average molecular weight is 372 g/mol. The van der Waals surface area contributed by atoms with E-state index in [9.17, 15) is 14.3 Å². The first kappa shape index (κ1) is 21.2. The highest BCUT2D eigenvalue weighted by Crippen LogP contribution is 2.52. The highest BCUT2D eigenvalue weighted by molar-refractivity contribution is 7.54. The van der Waals surface area contributed by atoms with Crippen LogP contribution in [0.25, 0.3) is 0 Å². The molecule has 1 aromatic rings. The molecular formula is C16H25N2O6P. The van der Waals surface area contributed by atoms with Gasteiger partial charge in [-0.25, -0.2) is 4.57 Å². The fraction of sp³-hybridized carbons (Fsp3) is 0.500. The SMILES string of the molecule is CC(=O)O.C[C@H](N)C(=O)N1CCCCC1P(=O)(O)Oc1ccccc1. The van der Waals surface area contributed by atoms with Gasteiger partial charge >= 0.3 is 7.60 Å². The van der Waals surface area contributed by atoms with Crippen LogP contribution in [0.15, 0.2) is 30.3 Å². The molecule has 1 aliphatic rings. The zero-order valence-electron chi connectivity index (χ0n) is 14.4. The van der Waals surface area contributed by atoms with Crippen LogP contribution in [-0.4, -0.2) is 45.1 Å². The Morgan fingerprint density at radius 1 is 1.32 bits per heavy atom. The average Bonchev–Trinajstić information content (AvgIpc) is 2.54. The molecule has 0 radical (unpaired) electrons. The second-order valence-corrected chi connectivity index (χ2v) is 7.69. The zero-order valence-corrected chi connectivity index (χ0v) is 15.3. The lowest BCUT2D eigenvalue weighted by molar-refractivity contribution is -0.135. The van der Waals surface area contributed by atoms with Gasteiger partial charge in [0, 0.05) is 13.5 Å². The second-order valence-electron chi connectivity index (χ2n) is 5.78. The number of carboxylic acids is 1. The van der Waals surface area contributed by atoms with Crippen LogP contribution in [0.4, 0.5) is 0 Å². The summed E-state index contributed by atoms with van der Waals surface area (Å²) in [5.41, 5.74) is 5.62. The number of hydrogen-bond acceptors (Lipinski definition) is 5. The molecule has 8 nitrogen and oxygen atoms in total. The maximum atomic E-state index is 12.6. The lowest BCUT2D eigenvalue weighted by Crippen LogP contribution is -2.50. The van der Waals surface area contributed by atoms with Crippen molar-refractivity contribution in [2.45, 2.75) is 44.9 Å². The standard InChI is InChI=1S/C14H21N2O4P.C2H4O2/c1-11(15)14(17)16-10-6-5-9-13(16)21(18,19)20-12-7-3-2-4-8-12;1-2(3)4/h2-4,7-8,11,13H,5-6,9-10,15H2,1H3,(H,18,19);1H3,(H,3,4)/t11-,13?;/m0./s1. The summed E-state index contributed by atoms with van der Waals surface area (Å²) < 4.78 is 17.9. The molecule has 0 spiro atoms. The van der Waals surface area contributed by atoms with Crippen molar-refractivity contribution < 1.29 is 28.7 Å². The molecule has 9 heteroatoms. The first-order valence-electron chi connectivity index (χ1n) is 7.98. The van der Waals surface area contributed by atoms with Gasteiger partial charge in [0.05, 0.1) is 6.04 Å². The Kier molecular flexibility index (Phi) is 8.09. The molecule has 4 N–H and O–H groups in total. The first-order chi connectivity index (χ1) is 11.6. The Bertz CT molecular complexity index is 618. The lowest BCUT2D eigenvalue weighted by Gasteiger charge is -2.37. The summed E-state index contributed by atoms with van der Waals surface area (Å²) in [7, 11) is -3.99. The van der Waals surface area contributed by atoms with Crippen LogP contribution in [0.1, 0.15) is 33.1 Å². The molecule has 3 atom stereocenters. The third-order valence-electron chi connectivity index (χ3n) is 3.50. The van der Waals surface area contributed by atoms with Gasteiger partial charge < -0.3 is 25.2 Å². The predicted octanol–water partition coefficient (Wildman–Crippen LogP) is 2.03. The summed E-state index contributed by atoms with van der Waals surface area (Å²) in [5.74, 6) is -1.65. The highest BCUT2D eigenvalue weighted by atomic mass is 31.2. The van der Waals surface area contributed by atoms with Crippen molar-refractivity contribution in [3.8, 4) is 5.75 Å². The number of rotatable bonds is 4. The molecule has 1 saturated heterocycles. The number of amides is 1. The molecule has 25 heavy (non-hydrogen) atoms. The maximum Gasteiger partial charge on any atom is 0.398 e. The number of carbonyl (C=O) groups excluding carboxylic acids is 1. The third-order valence-corrected chi connectivity index (χ3v) is 5.26. The maximum absolute atomic E-state index is 12.6. The number of hydrogen-bond donors (Lipinski definition) is 3. The van der Waals surface area contributed by atoms with Gasteiger partial charge in [-0.15, -0.1) is 0 Å². The number of nitrogens with two attached hydrogens (primary N) is 1. The number of para-hydroxylation sites is 1. The van der Waals surface area contributed by atoms with Crippen LogP contribution in [0.3, 0.4) is 0 Å². The molecule has 1 heterocycles. The number of nitrogens with zero attached hydrogens (tertiary/aromatic N) is 1. The van der Waals surface area contributed by atoms with E-state index in [1.807, 2.05) is 0 Å². The lowest BCUT2D eigenvalue weighted by atomic mass is 10.1. The quantitative estimate of drug-likeness (QED) is 0.689. The number of benzene rings is 1.